The van der Waals surface area contributed by atoms with Gasteiger partial charge in [-0.25, -0.2) is 9.37 Å². The smallest absolute Gasteiger partial charge is 0.261 e. The second-order valence-corrected chi connectivity index (χ2v) is 6.14. The van der Waals surface area contributed by atoms with E-state index in [0.717, 1.165) is 4.88 Å². The first-order valence-corrected chi connectivity index (χ1v) is 7.94. The summed E-state index contributed by atoms with van der Waals surface area (Å²) in [5.41, 5.74) is -0.0120. The molecule has 1 N–H and O–H groups in total. The van der Waals surface area contributed by atoms with Crippen LogP contribution in [0, 0.1) is 5.82 Å². The lowest BCUT2D eigenvalue weighted by Gasteiger charge is -2.13. The summed E-state index contributed by atoms with van der Waals surface area (Å²) in [7, 11) is 0. The topological polar surface area (TPSA) is 64.4 Å². The van der Waals surface area contributed by atoms with Crippen molar-refractivity contribution in [1.82, 2.24) is 9.55 Å². The van der Waals surface area contributed by atoms with Crippen LogP contribution in [0.4, 0.5) is 4.39 Å². The number of aliphatic hydroxyl groups excluding tert-OH is 1. The fourth-order valence-corrected chi connectivity index (χ4v) is 2.87. The molecule has 0 aliphatic rings. The molecule has 1 aromatic carbocycles. The van der Waals surface area contributed by atoms with Gasteiger partial charge in [0, 0.05) is 10.9 Å². The molecular formula is C16H15FN2O3S. The Balaban J connectivity index is 1.65. The van der Waals surface area contributed by atoms with Crippen molar-refractivity contribution in [2.45, 2.75) is 19.3 Å². The molecule has 0 spiro atoms. The standard InChI is InChI=1S/C16H15FN2O3S/c17-11-3-4-14-15(6-11)18-10-19(16(14)21)7-12(20)8-22-9-13-2-1-5-23-13/h1-6,10,12,20H,7-9H2. The number of ether oxygens (including phenoxy) is 1. The van der Waals surface area contributed by atoms with Crippen molar-refractivity contribution in [2.24, 2.45) is 0 Å². The number of aliphatic hydroxyl groups is 1. The Bertz CT molecular complexity index is 848. The van der Waals surface area contributed by atoms with Gasteiger partial charge >= 0.3 is 0 Å². The highest BCUT2D eigenvalue weighted by Gasteiger charge is 2.10. The van der Waals surface area contributed by atoms with Crippen molar-refractivity contribution in [3.05, 3.63) is 63.1 Å². The molecule has 1 atom stereocenters. The molecule has 23 heavy (non-hydrogen) atoms. The highest BCUT2D eigenvalue weighted by Crippen LogP contribution is 2.10. The molecule has 0 saturated carbocycles. The van der Waals surface area contributed by atoms with Gasteiger partial charge in [-0.05, 0) is 23.6 Å². The number of thiophene rings is 1. The Morgan fingerprint density at radius 1 is 1.39 bits per heavy atom. The second kappa shape index (κ2) is 6.99. The quantitative estimate of drug-likeness (QED) is 0.750. The summed E-state index contributed by atoms with van der Waals surface area (Å²) in [5.74, 6) is -0.441. The molecule has 5 nitrogen and oxygen atoms in total. The number of aromatic nitrogens is 2. The molecule has 0 amide bonds. The minimum Gasteiger partial charge on any atom is -0.389 e. The molecule has 3 aromatic rings. The largest absolute Gasteiger partial charge is 0.389 e. The maximum atomic E-state index is 13.1. The SMILES string of the molecule is O=c1c2ccc(F)cc2ncn1CC(O)COCc1cccs1. The first kappa shape index (κ1) is 15.8. The Kier molecular flexibility index (Phi) is 4.80. The third-order valence-corrected chi connectivity index (χ3v) is 4.18. The maximum Gasteiger partial charge on any atom is 0.261 e. The van der Waals surface area contributed by atoms with Gasteiger partial charge in [-0.3, -0.25) is 9.36 Å². The number of hydrogen-bond acceptors (Lipinski definition) is 5. The van der Waals surface area contributed by atoms with E-state index in [2.05, 4.69) is 4.98 Å². The predicted octanol–water partition coefficient (Wildman–Crippen LogP) is 2.17. The van der Waals surface area contributed by atoms with Crippen LogP contribution in [0.3, 0.4) is 0 Å². The summed E-state index contributed by atoms with van der Waals surface area (Å²) in [6.07, 6.45) is 0.486. The monoisotopic (exact) mass is 334 g/mol. The van der Waals surface area contributed by atoms with Crippen LogP contribution in [-0.4, -0.2) is 27.4 Å². The van der Waals surface area contributed by atoms with Crippen LogP contribution >= 0.6 is 11.3 Å². The number of hydrogen-bond donors (Lipinski definition) is 1. The van der Waals surface area contributed by atoms with Gasteiger partial charge in [-0.15, -0.1) is 11.3 Å². The van der Waals surface area contributed by atoms with Gasteiger partial charge < -0.3 is 9.84 Å². The van der Waals surface area contributed by atoms with Crippen molar-refractivity contribution in [2.75, 3.05) is 6.61 Å². The van der Waals surface area contributed by atoms with E-state index in [1.165, 1.54) is 29.1 Å². The van der Waals surface area contributed by atoms with E-state index in [-0.39, 0.29) is 18.7 Å². The van der Waals surface area contributed by atoms with Crippen LogP contribution in [0.1, 0.15) is 4.88 Å². The summed E-state index contributed by atoms with van der Waals surface area (Å²) in [4.78, 5) is 17.4. The lowest BCUT2D eigenvalue weighted by Crippen LogP contribution is -2.29. The van der Waals surface area contributed by atoms with Crippen LogP contribution in [0.15, 0.2) is 46.8 Å². The van der Waals surface area contributed by atoms with Crippen molar-refractivity contribution < 1.29 is 14.2 Å². The summed E-state index contributed by atoms with van der Waals surface area (Å²) < 4.78 is 19.9. The average Bonchev–Trinajstić information content (AvgIpc) is 3.03. The molecule has 0 fully saturated rings. The first-order valence-electron chi connectivity index (χ1n) is 7.06. The zero-order chi connectivity index (χ0) is 16.2. The summed E-state index contributed by atoms with van der Waals surface area (Å²) in [6.45, 7) is 0.619. The highest BCUT2D eigenvalue weighted by molar-refractivity contribution is 7.09. The zero-order valence-corrected chi connectivity index (χ0v) is 13.0. The Morgan fingerprint density at radius 3 is 3.04 bits per heavy atom. The molecule has 0 aliphatic carbocycles. The van der Waals surface area contributed by atoms with E-state index in [0.29, 0.717) is 17.5 Å². The van der Waals surface area contributed by atoms with E-state index in [1.807, 2.05) is 17.5 Å². The maximum absolute atomic E-state index is 13.1. The second-order valence-electron chi connectivity index (χ2n) is 5.11. The van der Waals surface area contributed by atoms with Crippen molar-refractivity contribution in [1.29, 1.82) is 0 Å². The van der Waals surface area contributed by atoms with Gasteiger partial charge in [0.25, 0.3) is 5.56 Å². The molecule has 2 heterocycles. The van der Waals surface area contributed by atoms with E-state index in [9.17, 15) is 14.3 Å². The third-order valence-electron chi connectivity index (χ3n) is 3.33. The van der Waals surface area contributed by atoms with Crippen LogP contribution in [0.25, 0.3) is 10.9 Å². The Hall–Kier alpha value is -2.09. The lowest BCUT2D eigenvalue weighted by atomic mass is 10.2. The van der Waals surface area contributed by atoms with Gasteiger partial charge in [-0.2, -0.15) is 0 Å². The van der Waals surface area contributed by atoms with E-state index >= 15 is 0 Å². The van der Waals surface area contributed by atoms with Crippen LogP contribution in [-0.2, 0) is 17.9 Å². The van der Waals surface area contributed by atoms with Crippen LogP contribution in [0.2, 0.25) is 0 Å². The molecule has 0 bridgehead atoms. The summed E-state index contributed by atoms with van der Waals surface area (Å²) >= 11 is 1.58. The number of halogens is 1. The van der Waals surface area contributed by atoms with E-state index < -0.39 is 11.9 Å². The van der Waals surface area contributed by atoms with Gasteiger partial charge in [0.2, 0.25) is 0 Å². The fraction of sp³-hybridized carbons (Fsp3) is 0.250. The third kappa shape index (κ3) is 3.82. The van der Waals surface area contributed by atoms with Crippen LogP contribution in [0.5, 0.6) is 0 Å². The minimum absolute atomic E-state index is 0.0730. The summed E-state index contributed by atoms with van der Waals surface area (Å²) in [5, 5.41) is 12.3. The normalized spacial score (nSPS) is 12.6. The highest BCUT2D eigenvalue weighted by atomic mass is 32.1. The average molecular weight is 334 g/mol. The van der Waals surface area contributed by atoms with Gasteiger partial charge in [-0.1, -0.05) is 6.07 Å². The molecule has 3 rings (SSSR count). The Morgan fingerprint density at radius 2 is 2.26 bits per heavy atom. The van der Waals surface area contributed by atoms with Crippen molar-refractivity contribution in [3.63, 3.8) is 0 Å². The zero-order valence-electron chi connectivity index (χ0n) is 12.2. The number of benzene rings is 1. The van der Waals surface area contributed by atoms with Crippen molar-refractivity contribution in [3.8, 4) is 0 Å². The summed E-state index contributed by atoms with van der Waals surface area (Å²) in [6, 6.07) is 7.71. The molecule has 120 valence electrons. The van der Waals surface area contributed by atoms with Crippen LogP contribution < -0.4 is 5.56 Å². The van der Waals surface area contributed by atoms with Gasteiger partial charge in [0.05, 0.1) is 43.1 Å². The molecule has 2 aromatic heterocycles. The van der Waals surface area contributed by atoms with Gasteiger partial charge in [0.15, 0.2) is 0 Å². The molecule has 0 radical (unpaired) electrons. The minimum atomic E-state index is -0.827. The van der Waals surface area contributed by atoms with E-state index in [4.69, 9.17) is 4.74 Å². The first-order chi connectivity index (χ1) is 11.1. The molecule has 1 unspecified atom stereocenters. The molecular weight excluding hydrogens is 319 g/mol. The predicted molar refractivity (Wildman–Crippen MR) is 85.9 cm³/mol. The fourth-order valence-electron chi connectivity index (χ4n) is 2.23. The van der Waals surface area contributed by atoms with E-state index in [1.54, 1.807) is 11.3 Å². The molecule has 0 aliphatic heterocycles. The van der Waals surface area contributed by atoms with Gasteiger partial charge in [0.1, 0.15) is 5.82 Å². The molecule has 7 heteroatoms. The number of rotatable bonds is 6. The number of nitrogens with zero attached hydrogens (tertiary/aromatic N) is 2. The number of fused-ring (bicyclic) bond motifs is 1. The molecule has 0 saturated heterocycles. The van der Waals surface area contributed by atoms with Crippen molar-refractivity contribution >= 4 is 22.2 Å². The Labute approximate surface area is 135 Å². The lowest BCUT2D eigenvalue weighted by molar-refractivity contribution is 0.0207.